The average Bonchev–Trinajstić information content (AvgIpc) is 2.77. The maximum Gasteiger partial charge on any atom is 0.324 e. The van der Waals surface area contributed by atoms with E-state index < -0.39 is 21.1 Å². The van der Waals surface area contributed by atoms with Crippen LogP contribution in [-0.2, 0) is 19.4 Å². The fraction of sp³-hybridized carbons (Fsp3) is 0.923. The average molecular weight is 276 g/mol. The topological polar surface area (TPSA) is 60.4 Å². The van der Waals surface area contributed by atoms with Crippen molar-refractivity contribution in [1.29, 1.82) is 0 Å². The molecule has 18 heavy (non-hydrogen) atoms. The molecule has 0 aromatic carbocycles. The molecular formula is C13H24O4S. The van der Waals surface area contributed by atoms with Crippen LogP contribution >= 0.6 is 0 Å². The Morgan fingerprint density at radius 2 is 1.89 bits per heavy atom. The van der Waals surface area contributed by atoms with Gasteiger partial charge >= 0.3 is 5.97 Å². The Hall–Kier alpha value is -0.580. The van der Waals surface area contributed by atoms with Crippen molar-refractivity contribution >= 4 is 15.8 Å². The van der Waals surface area contributed by atoms with Crippen molar-refractivity contribution in [2.45, 2.75) is 57.6 Å². The normalized spacial score (nSPS) is 18.8. The number of sulfone groups is 1. The van der Waals surface area contributed by atoms with Crippen LogP contribution < -0.4 is 0 Å². The zero-order chi connectivity index (χ0) is 13.6. The van der Waals surface area contributed by atoms with E-state index in [0.29, 0.717) is 12.8 Å². The fourth-order valence-electron chi connectivity index (χ4n) is 2.56. The van der Waals surface area contributed by atoms with E-state index in [9.17, 15) is 13.2 Å². The zero-order valence-electron chi connectivity index (χ0n) is 11.4. The SMILES string of the molecule is CCCC(C(=O)OCC)S(=O)(=O)CC1CCCC1. The Morgan fingerprint density at radius 3 is 2.39 bits per heavy atom. The van der Waals surface area contributed by atoms with Gasteiger partial charge < -0.3 is 4.74 Å². The van der Waals surface area contributed by atoms with Gasteiger partial charge in [-0.15, -0.1) is 0 Å². The van der Waals surface area contributed by atoms with Gasteiger partial charge in [0.2, 0.25) is 0 Å². The molecule has 4 nitrogen and oxygen atoms in total. The second kappa shape index (κ2) is 7.12. The molecule has 1 saturated carbocycles. The number of hydrogen-bond acceptors (Lipinski definition) is 4. The van der Waals surface area contributed by atoms with Crippen LogP contribution in [0.25, 0.3) is 0 Å². The third-order valence-corrected chi connectivity index (χ3v) is 5.71. The first-order valence-corrected chi connectivity index (χ1v) is 8.61. The summed E-state index contributed by atoms with van der Waals surface area (Å²) in [4.78, 5) is 11.8. The molecule has 0 amide bonds. The van der Waals surface area contributed by atoms with Crippen LogP contribution in [0.3, 0.4) is 0 Å². The van der Waals surface area contributed by atoms with Crippen molar-refractivity contribution < 1.29 is 17.9 Å². The number of hydrogen-bond donors (Lipinski definition) is 0. The van der Waals surface area contributed by atoms with Crippen LogP contribution in [0.15, 0.2) is 0 Å². The van der Waals surface area contributed by atoms with Gasteiger partial charge in [0.05, 0.1) is 12.4 Å². The number of rotatable bonds is 7. The Labute approximate surface area is 110 Å². The smallest absolute Gasteiger partial charge is 0.324 e. The van der Waals surface area contributed by atoms with E-state index in [1.807, 2.05) is 6.92 Å². The van der Waals surface area contributed by atoms with Crippen LogP contribution in [0.4, 0.5) is 0 Å². The van der Waals surface area contributed by atoms with Gasteiger partial charge in [-0.2, -0.15) is 0 Å². The number of esters is 1. The van der Waals surface area contributed by atoms with E-state index >= 15 is 0 Å². The first kappa shape index (κ1) is 15.5. The highest BCUT2D eigenvalue weighted by atomic mass is 32.2. The van der Waals surface area contributed by atoms with Gasteiger partial charge in [-0.05, 0) is 32.1 Å². The molecular weight excluding hydrogens is 252 g/mol. The summed E-state index contributed by atoms with van der Waals surface area (Å²) in [6.07, 6.45) is 5.21. The maximum absolute atomic E-state index is 12.3. The van der Waals surface area contributed by atoms with E-state index in [-0.39, 0.29) is 18.3 Å². The molecule has 0 aromatic rings. The van der Waals surface area contributed by atoms with Crippen LogP contribution in [-0.4, -0.2) is 32.0 Å². The summed E-state index contributed by atoms with van der Waals surface area (Å²) in [6, 6.07) is 0. The van der Waals surface area contributed by atoms with Gasteiger partial charge in [0, 0.05) is 0 Å². The maximum atomic E-state index is 12.3. The molecule has 0 aliphatic heterocycles. The van der Waals surface area contributed by atoms with E-state index in [1.165, 1.54) is 0 Å². The third-order valence-electron chi connectivity index (χ3n) is 3.48. The lowest BCUT2D eigenvalue weighted by Gasteiger charge is -2.18. The molecule has 0 radical (unpaired) electrons. The van der Waals surface area contributed by atoms with Gasteiger partial charge in [0.1, 0.15) is 0 Å². The van der Waals surface area contributed by atoms with Crippen molar-refractivity contribution in [2.75, 3.05) is 12.4 Å². The molecule has 0 saturated heterocycles. The Morgan fingerprint density at radius 1 is 1.28 bits per heavy atom. The monoisotopic (exact) mass is 276 g/mol. The third kappa shape index (κ3) is 4.26. The van der Waals surface area contributed by atoms with Gasteiger partial charge in [-0.25, -0.2) is 8.42 Å². The molecule has 106 valence electrons. The lowest BCUT2D eigenvalue weighted by molar-refractivity contribution is -0.142. The zero-order valence-corrected chi connectivity index (χ0v) is 12.2. The molecule has 1 rings (SSSR count). The molecule has 1 aliphatic carbocycles. The van der Waals surface area contributed by atoms with Crippen LogP contribution in [0, 0.1) is 5.92 Å². The van der Waals surface area contributed by atoms with Crippen molar-refractivity contribution in [2.24, 2.45) is 5.92 Å². The lowest BCUT2D eigenvalue weighted by atomic mass is 10.1. The summed E-state index contributed by atoms with van der Waals surface area (Å²) in [7, 11) is -3.36. The fourth-order valence-corrected chi connectivity index (χ4v) is 4.74. The first-order chi connectivity index (χ1) is 8.51. The summed E-state index contributed by atoms with van der Waals surface area (Å²) in [5.74, 6) is -0.183. The Bertz CT molecular complexity index is 355. The molecule has 0 aromatic heterocycles. The second-order valence-electron chi connectivity index (χ2n) is 5.01. The quantitative estimate of drug-likeness (QED) is 0.670. The van der Waals surface area contributed by atoms with Gasteiger partial charge in [0.15, 0.2) is 15.1 Å². The number of carbonyl (C=O) groups excluding carboxylic acids is 1. The molecule has 0 spiro atoms. The van der Waals surface area contributed by atoms with Crippen molar-refractivity contribution in [3.05, 3.63) is 0 Å². The molecule has 1 fully saturated rings. The highest BCUT2D eigenvalue weighted by Crippen LogP contribution is 2.28. The van der Waals surface area contributed by atoms with Gasteiger partial charge in [-0.3, -0.25) is 4.79 Å². The largest absolute Gasteiger partial charge is 0.465 e. The molecule has 1 atom stereocenters. The molecule has 5 heteroatoms. The minimum Gasteiger partial charge on any atom is -0.465 e. The summed E-state index contributed by atoms with van der Waals surface area (Å²) >= 11 is 0. The standard InChI is InChI=1S/C13H24O4S/c1-3-7-12(13(14)17-4-2)18(15,16)10-11-8-5-6-9-11/h11-12H,3-10H2,1-2H3. The van der Waals surface area contributed by atoms with E-state index in [0.717, 1.165) is 25.7 Å². The predicted molar refractivity (Wildman–Crippen MR) is 71.1 cm³/mol. The van der Waals surface area contributed by atoms with Crippen LogP contribution in [0.1, 0.15) is 52.4 Å². The molecule has 0 heterocycles. The summed E-state index contributed by atoms with van der Waals surface area (Å²) in [5.41, 5.74) is 0. The summed E-state index contributed by atoms with van der Waals surface area (Å²) in [6.45, 7) is 3.82. The number of ether oxygens (including phenoxy) is 1. The van der Waals surface area contributed by atoms with Crippen LogP contribution in [0.2, 0.25) is 0 Å². The first-order valence-electron chi connectivity index (χ1n) is 6.89. The van der Waals surface area contributed by atoms with Crippen molar-refractivity contribution in [3.63, 3.8) is 0 Å². The summed E-state index contributed by atoms with van der Waals surface area (Å²) in [5, 5.41) is -0.956. The van der Waals surface area contributed by atoms with Crippen LogP contribution in [0.5, 0.6) is 0 Å². The predicted octanol–water partition coefficient (Wildman–Crippen LogP) is 2.32. The Kier molecular flexibility index (Phi) is 6.12. The van der Waals surface area contributed by atoms with E-state index in [1.54, 1.807) is 6.92 Å². The van der Waals surface area contributed by atoms with E-state index in [4.69, 9.17) is 4.74 Å². The number of carbonyl (C=O) groups is 1. The highest BCUT2D eigenvalue weighted by Gasteiger charge is 2.35. The van der Waals surface area contributed by atoms with Gasteiger partial charge in [-0.1, -0.05) is 26.2 Å². The van der Waals surface area contributed by atoms with E-state index in [2.05, 4.69) is 0 Å². The highest BCUT2D eigenvalue weighted by molar-refractivity contribution is 7.92. The minimum absolute atomic E-state index is 0.149. The second-order valence-corrected chi connectivity index (χ2v) is 7.24. The minimum atomic E-state index is -3.36. The van der Waals surface area contributed by atoms with Crippen molar-refractivity contribution in [3.8, 4) is 0 Å². The molecule has 0 N–H and O–H groups in total. The lowest BCUT2D eigenvalue weighted by Crippen LogP contribution is -2.35. The van der Waals surface area contributed by atoms with Crippen molar-refractivity contribution in [1.82, 2.24) is 0 Å². The summed E-state index contributed by atoms with van der Waals surface area (Å²) < 4.78 is 29.5. The molecule has 1 aliphatic rings. The van der Waals surface area contributed by atoms with Gasteiger partial charge in [0.25, 0.3) is 0 Å². The molecule has 1 unspecified atom stereocenters. The Balaban J connectivity index is 2.72. The molecule has 0 bridgehead atoms.